The van der Waals surface area contributed by atoms with Crippen molar-refractivity contribution in [3.63, 3.8) is 0 Å². The van der Waals surface area contributed by atoms with Crippen LogP contribution in [0.2, 0.25) is 0 Å². The van der Waals surface area contributed by atoms with E-state index >= 15 is 0 Å². The molecular weight excluding hydrogens is 388 g/mol. The fourth-order valence-electron chi connectivity index (χ4n) is 3.88. The Morgan fingerprint density at radius 2 is 1.87 bits per heavy atom. The van der Waals surface area contributed by atoms with Gasteiger partial charge in [0.15, 0.2) is 0 Å². The van der Waals surface area contributed by atoms with Crippen molar-refractivity contribution in [2.45, 2.75) is 6.04 Å². The normalized spacial score (nSPS) is 16.4. The third-order valence-electron chi connectivity index (χ3n) is 5.50. The van der Waals surface area contributed by atoms with Gasteiger partial charge in [0.05, 0.1) is 24.9 Å². The average Bonchev–Trinajstić information content (AvgIpc) is 2.84. The molecule has 1 aliphatic rings. The van der Waals surface area contributed by atoms with Gasteiger partial charge in [-0.05, 0) is 30.3 Å². The predicted molar refractivity (Wildman–Crippen MR) is 124 cm³/mol. The molecule has 0 bridgehead atoms. The van der Waals surface area contributed by atoms with Crippen LogP contribution in [0.25, 0.3) is 22.2 Å². The molecule has 5 rings (SSSR count). The molecular formula is C24H24N6O. The summed E-state index contributed by atoms with van der Waals surface area (Å²) in [7, 11) is 0. The molecule has 0 radical (unpaired) electrons. The molecule has 0 saturated carbocycles. The second-order valence-electron chi connectivity index (χ2n) is 7.49. The summed E-state index contributed by atoms with van der Waals surface area (Å²) in [5.41, 5.74) is 10.7. The number of pyridine rings is 1. The SMILES string of the molecule is NCC1COCCN1c1ccc(Nc2ncc3ccnc(-c4ccccc4)c3n2)cc1. The van der Waals surface area contributed by atoms with Crippen LogP contribution in [0.1, 0.15) is 0 Å². The van der Waals surface area contributed by atoms with E-state index in [0.717, 1.165) is 46.7 Å². The summed E-state index contributed by atoms with van der Waals surface area (Å²) in [5.74, 6) is 0.539. The van der Waals surface area contributed by atoms with E-state index in [2.05, 4.69) is 32.3 Å². The van der Waals surface area contributed by atoms with Gasteiger partial charge in [-0.1, -0.05) is 30.3 Å². The van der Waals surface area contributed by atoms with Crippen molar-refractivity contribution in [2.24, 2.45) is 5.73 Å². The number of benzene rings is 2. The van der Waals surface area contributed by atoms with Crippen molar-refractivity contribution in [1.82, 2.24) is 15.0 Å². The summed E-state index contributed by atoms with van der Waals surface area (Å²) in [6.07, 6.45) is 3.62. The molecule has 7 nitrogen and oxygen atoms in total. The molecule has 1 atom stereocenters. The maximum atomic E-state index is 5.91. The Morgan fingerprint density at radius 3 is 2.68 bits per heavy atom. The van der Waals surface area contributed by atoms with Gasteiger partial charge in [0.1, 0.15) is 5.52 Å². The van der Waals surface area contributed by atoms with Crippen molar-refractivity contribution in [3.8, 4) is 11.3 Å². The highest BCUT2D eigenvalue weighted by Gasteiger charge is 2.21. The van der Waals surface area contributed by atoms with Crippen molar-refractivity contribution in [1.29, 1.82) is 0 Å². The minimum atomic E-state index is 0.209. The quantitative estimate of drug-likeness (QED) is 0.518. The molecule has 3 heterocycles. The van der Waals surface area contributed by atoms with Gasteiger partial charge in [-0.15, -0.1) is 0 Å². The zero-order valence-electron chi connectivity index (χ0n) is 17.1. The van der Waals surface area contributed by atoms with Gasteiger partial charge in [-0.2, -0.15) is 0 Å². The maximum absolute atomic E-state index is 5.91. The second-order valence-corrected chi connectivity index (χ2v) is 7.49. The van der Waals surface area contributed by atoms with Crippen molar-refractivity contribution in [3.05, 3.63) is 73.1 Å². The largest absolute Gasteiger partial charge is 0.377 e. The van der Waals surface area contributed by atoms with Crippen LogP contribution >= 0.6 is 0 Å². The molecule has 2 aromatic heterocycles. The molecule has 0 amide bonds. The Bertz CT molecular complexity index is 1170. The molecule has 156 valence electrons. The number of nitrogens with one attached hydrogen (secondary N) is 1. The fraction of sp³-hybridized carbons (Fsp3) is 0.208. The van der Waals surface area contributed by atoms with Crippen LogP contribution in [0.3, 0.4) is 0 Å². The molecule has 3 N–H and O–H groups in total. The van der Waals surface area contributed by atoms with Gasteiger partial charge in [0, 0.05) is 47.8 Å². The number of morpholine rings is 1. The molecule has 1 unspecified atom stereocenters. The number of nitrogens with zero attached hydrogens (tertiary/aromatic N) is 4. The van der Waals surface area contributed by atoms with Gasteiger partial charge in [-0.3, -0.25) is 4.98 Å². The average molecular weight is 412 g/mol. The minimum Gasteiger partial charge on any atom is -0.377 e. The van der Waals surface area contributed by atoms with E-state index in [0.29, 0.717) is 19.1 Å². The summed E-state index contributed by atoms with van der Waals surface area (Å²) >= 11 is 0. The topological polar surface area (TPSA) is 89.2 Å². The van der Waals surface area contributed by atoms with E-state index in [1.807, 2.05) is 54.7 Å². The lowest BCUT2D eigenvalue weighted by Gasteiger charge is -2.36. The van der Waals surface area contributed by atoms with Gasteiger partial charge < -0.3 is 20.7 Å². The Balaban J connectivity index is 1.40. The smallest absolute Gasteiger partial charge is 0.227 e. The maximum Gasteiger partial charge on any atom is 0.227 e. The highest BCUT2D eigenvalue weighted by molar-refractivity contribution is 5.91. The standard InChI is InChI=1S/C24H24N6O/c25-14-21-16-31-13-12-30(21)20-8-6-19(7-9-20)28-24-27-15-18-10-11-26-22(23(18)29-24)17-4-2-1-3-5-17/h1-11,15,21H,12-14,16,25H2,(H,27,28,29). The first-order valence-corrected chi connectivity index (χ1v) is 10.4. The number of hydrogen-bond acceptors (Lipinski definition) is 7. The lowest BCUT2D eigenvalue weighted by atomic mass is 10.1. The molecule has 1 fully saturated rings. The van der Waals surface area contributed by atoms with Crippen LogP contribution in [0, 0.1) is 0 Å². The summed E-state index contributed by atoms with van der Waals surface area (Å²) in [6, 6.07) is 20.5. The van der Waals surface area contributed by atoms with Crippen LogP contribution in [0.4, 0.5) is 17.3 Å². The lowest BCUT2D eigenvalue weighted by Crippen LogP contribution is -2.49. The Labute approximate surface area is 180 Å². The number of ether oxygens (including phenoxy) is 1. The highest BCUT2D eigenvalue weighted by atomic mass is 16.5. The number of hydrogen-bond donors (Lipinski definition) is 2. The van der Waals surface area contributed by atoms with Crippen LogP contribution in [-0.2, 0) is 4.74 Å². The van der Waals surface area contributed by atoms with Gasteiger partial charge in [0.2, 0.25) is 5.95 Å². The van der Waals surface area contributed by atoms with E-state index in [1.54, 1.807) is 6.20 Å². The Morgan fingerprint density at radius 1 is 1.03 bits per heavy atom. The number of rotatable bonds is 5. The lowest BCUT2D eigenvalue weighted by molar-refractivity contribution is 0.0963. The van der Waals surface area contributed by atoms with E-state index in [4.69, 9.17) is 15.5 Å². The van der Waals surface area contributed by atoms with Crippen LogP contribution in [0.15, 0.2) is 73.1 Å². The summed E-state index contributed by atoms with van der Waals surface area (Å²) in [6.45, 7) is 2.80. The van der Waals surface area contributed by atoms with Crippen LogP contribution in [0.5, 0.6) is 0 Å². The number of fused-ring (bicyclic) bond motifs is 1. The first-order chi connectivity index (χ1) is 15.3. The molecule has 1 aliphatic heterocycles. The zero-order chi connectivity index (χ0) is 21.0. The molecule has 31 heavy (non-hydrogen) atoms. The summed E-state index contributed by atoms with van der Waals surface area (Å²) in [5, 5.41) is 4.27. The van der Waals surface area contributed by atoms with Crippen molar-refractivity contribution < 1.29 is 4.74 Å². The van der Waals surface area contributed by atoms with Crippen LogP contribution < -0.4 is 16.0 Å². The van der Waals surface area contributed by atoms with Gasteiger partial charge in [0.25, 0.3) is 0 Å². The first kappa shape index (κ1) is 19.4. The van der Waals surface area contributed by atoms with E-state index < -0.39 is 0 Å². The highest BCUT2D eigenvalue weighted by Crippen LogP contribution is 2.27. The third-order valence-corrected chi connectivity index (χ3v) is 5.50. The predicted octanol–water partition coefficient (Wildman–Crippen LogP) is 3.60. The third kappa shape index (κ3) is 4.05. The van der Waals surface area contributed by atoms with Gasteiger partial charge in [-0.25, -0.2) is 9.97 Å². The number of aromatic nitrogens is 3. The molecule has 0 aliphatic carbocycles. The van der Waals surface area contributed by atoms with E-state index in [1.165, 1.54) is 0 Å². The van der Waals surface area contributed by atoms with E-state index in [9.17, 15) is 0 Å². The molecule has 0 spiro atoms. The first-order valence-electron chi connectivity index (χ1n) is 10.4. The van der Waals surface area contributed by atoms with Crippen molar-refractivity contribution >= 4 is 28.2 Å². The molecule has 7 heteroatoms. The molecule has 4 aromatic rings. The Hall–Kier alpha value is -3.55. The second kappa shape index (κ2) is 8.67. The van der Waals surface area contributed by atoms with Crippen molar-refractivity contribution in [2.75, 3.05) is 36.5 Å². The summed E-state index contributed by atoms with van der Waals surface area (Å²) in [4.78, 5) is 16.1. The monoisotopic (exact) mass is 412 g/mol. The summed E-state index contributed by atoms with van der Waals surface area (Å²) < 4.78 is 5.55. The zero-order valence-corrected chi connectivity index (χ0v) is 17.1. The minimum absolute atomic E-state index is 0.209. The fourth-order valence-corrected chi connectivity index (χ4v) is 3.88. The van der Waals surface area contributed by atoms with E-state index in [-0.39, 0.29) is 6.04 Å². The molecule has 2 aromatic carbocycles. The molecule has 1 saturated heterocycles. The number of anilines is 3. The number of nitrogens with two attached hydrogens (primary N) is 1. The Kier molecular flexibility index (Phi) is 5.43. The van der Waals surface area contributed by atoms with Crippen LogP contribution in [-0.4, -0.2) is 47.3 Å². The van der Waals surface area contributed by atoms with Gasteiger partial charge >= 0.3 is 0 Å².